The number of rotatable bonds is 4. The molecular weight excluding hydrogens is 330 g/mol. The molecule has 2 N–H and O–H groups in total. The highest BCUT2D eigenvalue weighted by Crippen LogP contribution is 2.51. The van der Waals surface area contributed by atoms with Crippen molar-refractivity contribution in [1.82, 2.24) is 25.5 Å². The van der Waals surface area contributed by atoms with E-state index >= 15 is 0 Å². The fraction of sp³-hybridized carbons (Fsp3) is 0.579. The van der Waals surface area contributed by atoms with Crippen LogP contribution in [0, 0.1) is 0 Å². The fourth-order valence-electron chi connectivity index (χ4n) is 5.01. The second kappa shape index (κ2) is 5.61. The average molecular weight is 353 g/mol. The summed E-state index contributed by atoms with van der Waals surface area (Å²) in [4.78, 5) is 15.2. The number of amides is 1. The summed E-state index contributed by atoms with van der Waals surface area (Å²) in [6.07, 6.45) is 5.51. The van der Waals surface area contributed by atoms with Gasteiger partial charge in [0, 0.05) is 36.8 Å². The summed E-state index contributed by atoms with van der Waals surface area (Å²) in [6, 6.07) is 10.1. The van der Waals surface area contributed by atoms with Crippen LogP contribution in [0.3, 0.4) is 0 Å². The van der Waals surface area contributed by atoms with Gasteiger partial charge in [-0.15, -0.1) is 10.2 Å². The number of aromatic amines is 1. The number of benzene rings is 1. The van der Waals surface area contributed by atoms with Crippen LogP contribution in [0.5, 0.6) is 0 Å². The summed E-state index contributed by atoms with van der Waals surface area (Å²) in [5.41, 5.74) is -0.0830. The van der Waals surface area contributed by atoms with E-state index in [4.69, 9.17) is 0 Å². The van der Waals surface area contributed by atoms with Crippen LogP contribution in [0.2, 0.25) is 0 Å². The zero-order chi connectivity index (χ0) is 17.8. The van der Waals surface area contributed by atoms with Crippen LogP contribution in [0.25, 0.3) is 0 Å². The van der Waals surface area contributed by atoms with Crippen LogP contribution in [-0.4, -0.2) is 48.6 Å². The molecule has 1 aliphatic carbocycles. The van der Waals surface area contributed by atoms with Gasteiger partial charge in [-0.2, -0.15) is 5.21 Å². The van der Waals surface area contributed by atoms with Gasteiger partial charge in [-0.05, 0) is 31.2 Å². The number of hydrogen-bond donors (Lipinski definition) is 2. The molecule has 3 fully saturated rings. The Kier molecular flexibility index (Phi) is 3.44. The zero-order valence-corrected chi connectivity index (χ0v) is 14.6. The van der Waals surface area contributed by atoms with Gasteiger partial charge in [-0.25, -0.2) is 0 Å². The second-order valence-corrected chi connectivity index (χ2v) is 8.18. The van der Waals surface area contributed by atoms with Crippen molar-refractivity contribution < 1.29 is 9.90 Å². The van der Waals surface area contributed by atoms with Crippen molar-refractivity contribution in [3.8, 4) is 0 Å². The standard InChI is InChI=1S/C19H23N5O2/c25-16(12-18(8-9-18)17-20-22-23-21-17)24-14-6-7-15(24)11-19(26,10-14)13-4-2-1-3-5-13/h1-5,14-15,26H,6-12H2,(H,20,21,22,23). The van der Waals surface area contributed by atoms with Crippen LogP contribution in [0.4, 0.5) is 0 Å². The highest BCUT2D eigenvalue weighted by atomic mass is 16.3. The van der Waals surface area contributed by atoms with Crippen LogP contribution < -0.4 is 0 Å². The molecule has 3 heterocycles. The molecule has 7 nitrogen and oxygen atoms in total. The number of tetrazole rings is 1. The number of carbonyl (C=O) groups excluding carboxylic acids is 1. The molecule has 7 heteroatoms. The predicted molar refractivity (Wildman–Crippen MR) is 92.9 cm³/mol. The molecular formula is C19H23N5O2. The normalized spacial score (nSPS) is 31.8. The molecule has 26 heavy (non-hydrogen) atoms. The molecule has 2 saturated heterocycles. The maximum atomic E-state index is 13.1. The number of piperidine rings is 1. The lowest BCUT2D eigenvalue weighted by Crippen LogP contribution is -2.52. The van der Waals surface area contributed by atoms with Crippen molar-refractivity contribution in [2.45, 2.75) is 68.0 Å². The van der Waals surface area contributed by atoms with Gasteiger partial charge in [0.2, 0.25) is 5.91 Å². The lowest BCUT2D eigenvalue weighted by atomic mass is 9.80. The monoisotopic (exact) mass is 353 g/mol. The van der Waals surface area contributed by atoms with Gasteiger partial charge in [0.05, 0.1) is 5.60 Å². The first-order valence-electron chi connectivity index (χ1n) is 9.43. The quantitative estimate of drug-likeness (QED) is 0.872. The van der Waals surface area contributed by atoms with Crippen LogP contribution in [-0.2, 0) is 15.8 Å². The molecule has 2 bridgehead atoms. The Hall–Kier alpha value is -2.28. The fourth-order valence-corrected chi connectivity index (χ4v) is 5.01. The van der Waals surface area contributed by atoms with Gasteiger partial charge in [-0.1, -0.05) is 35.5 Å². The van der Waals surface area contributed by atoms with E-state index in [1.807, 2.05) is 30.3 Å². The van der Waals surface area contributed by atoms with Gasteiger partial charge in [-0.3, -0.25) is 4.79 Å². The molecule has 1 aromatic carbocycles. The topological polar surface area (TPSA) is 95.0 Å². The van der Waals surface area contributed by atoms with E-state index in [9.17, 15) is 9.90 Å². The number of H-pyrrole nitrogens is 1. The minimum atomic E-state index is -0.825. The molecule has 2 aliphatic heterocycles. The van der Waals surface area contributed by atoms with Gasteiger partial charge < -0.3 is 10.0 Å². The van der Waals surface area contributed by atoms with E-state index in [1.165, 1.54) is 0 Å². The SMILES string of the molecule is O=C(CC1(c2nn[nH]n2)CC1)N1C2CCC1CC(O)(c1ccccc1)C2. The average Bonchev–Trinajstić information content (AvgIpc) is 3.09. The summed E-state index contributed by atoms with van der Waals surface area (Å²) in [7, 11) is 0. The molecule has 1 saturated carbocycles. The summed E-state index contributed by atoms with van der Waals surface area (Å²) < 4.78 is 0. The van der Waals surface area contributed by atoms with Crippen LogP contribution in [0.15, 0.2) is 30.3 Å². The number of aromatic nitrogens is 4. The number of nitrogens with one attached hydrogen (secondary N) is 1. The molecule has 136 valence electrons. The largest absolute Gasteiger partial charge is 0.385 e. The number of carbonyl (C=O) groups is 1. The molecule has 3 aliphatic rings. The Morgan fingerprint density at radius 2 is 1.88 bits per heavy atom. The molecule has 1 amide bonds. The molecule has 2 atom stereocenters. The lowest BCUT2D eigenvalue weighted by molar-refractivity contribution is -0.142. The molecule has 0 radical (unpaired) electrons. The first-order chi connectivity index (χ1) is 12.6. The van der Waals surface area contributed by atoms with Crippen molar-refractivity contribution in [2.24, 2.45) is 0 Å². The first-order valence-corrected chi connectivity index (χ1v) is 9.43. The van der Waals surface area contributed by atoms with E-state index in [2.05, 4.69) is 25.5 Å². The Labute approximate surface area is 151 Å². The summed E-state index contributed by atoms with van der Waals surface area (Å²) in [6.45, 7) is 0. The van der Waals surface area contributed by atoms with Crippen molar-refractivity contribution in [3.05, 3.63) is 41.7 Å². The molecule has 5 rings (SSSR count). The third-order valence-electron chi connectivity index (χ3n) is 6.53. The Bertz CT molecular complexity index is 789. The second-order valence-electron chi connectivity index (χ2n) is 8.18. The molecule has 2 aromatic rings. The number of fused-ring (bicyclic) bond motifs is 2. The van der Waals surface area contributed by atoms with Gasteiger partial charge in [0.25, 0.3) is 0 Å². The number of aliphatic hydroxyl groups is 1. The minimum absolute atomic E-state index is 0.118. The van der Waals surface area contributed by atoms with E-state index in [0.29, 0.717) is 25.1 Å². The van der Waals surface area contributed by atoms with Crippen LogP contribution >= 0.6 is 0 Å². The van der Waals surface area contributed by atoms with Crippen molar-refractivity contribution in [1.29, 1.82) is 0 Å². The molecule has 2 unspecified atom stereocenters. The maximum absolute atomic E-state index is 13.1. The Morgan fingerprint density at radius 1 is 1.19 bits per heavy atom. The third-order valence-corrected chi connectivity index (χ3v) is 6.53. The summed E-state index contributed by atoms with van der Waals surface area (Å²) >= 11 is 0. The highest BCUT2D eigenvalue weighted by molar-refractivity contribution is 5.79. The van der Waals surface area contributed by atoms with Crippen LogP contribution in [0.1, 0.15) is 56.3 Å². The number of nitrogens with zero attached hydrogens (tertiary/aromatic N) is 4. The minimum Gasteiger partial charge on any atom is -0.385 e. The Balaban J connectivity index is 1.34. The molecule has 1 aromatic heterocycles. The van der Waals surface area contributed by atoms with Crippen molar-refractivity contribution in [3.63, 3.8) is 0 Å². The zero-order valence-electron chi connectivity index (χ0n) is 14.6. The smallest absolute Gasteiger partial charge is 0.224 e. The highest BCUT2D eigenvalue weighted by Gasteiger charge is 2.54. The number of hydrogen-bond acceptors (Lipinski definition) is 5. The van der Waals surface area contributed by atoms with Gasteiger partial charge in [0.15, 0.2) is 5.82 Å². The van der Waals surface area contributed by atoms with Crippen molar-refractivity contribution in [2.75, 3.05) is 0 Å². The Morgan fingerprint density at radius 3 is 2.46 bits per heavy atom. The third kappa shape index (κ3) is 2.45. The predicted octanol–water partition coefficient (Wildman–Crippen LogP) is 1.66. The summed E-state index contributed by atoms with van der Waals surface area (Å²) in [5, 5.41) is 25.6. The van der Waals surface area contributed by atoms with E-state index in [1.54, 1.807) is 0 Å². The summed E-state index contributed by atoms with van der Waals surface area (Å²) in [5.74, 6) is 0.839. The van der Waals surface area contributed by atoms with E-state index < -0.39 is 5.60 Å². The van der Waals surface area contributed by atoms with E-state index in [-0.39, 0.29) is 23.4 Å². The van der Waals surface area contributed by atoms with Crippen molar-refractivity contribution >= 4 is 5.91 Å². The first kappa shape index (κ1) is 15.9. The van der Waals surface area contributed by atoms with Gasteiger partial charge >= 0.3 is 0 Å². The van der Waals surface area contributed by atoms with Gasteiger partial charge in [0.1, 0.15) is 0 Å². The van der Waals surface area contributed by atoms with E-state index in [0.717, 1.165) is 31.2 Å². The lowest BCUT2D eigenvalue weighted by Gasteiger charge is -2.44. The maximum Gasteiger partial charge on any atom is 0.224 e. The molecule has 0 spiro atoms.